The molecule has 0 aliphatic rings. The van der Waals surface area contributed by atoms with Gasteiger partial charge in [0.05, 0.1) is 11.6 Å². The summed E-state index contributed by atoms with van der Waals surface area (Å²) in [5.74, 6) is -1.39. The number of nitrogens with zero attached hydrogens (tertiary/aromatic N) is 2. The molecule has 0 aliphatic carbocycles. The number of nitriles is 1. The molecule has 1 atom stereocenters. The lowest BCUT2D eigenvalue weighted by atomic mass is 10.1. The highest BCUT2D eigenvalue weighted by Gasteiger charge is 2.18. The van der Waals surface area contributed by atoms with Crippen LogP contribution in [0.2, 0.25) is 0 Å². The van der Waals surface area contributed by atoms with E-state index in [1.165, 1.54) is 30.0 Å². The van der Waals surface area contributed by atoms with Gasteiger partial charge in [0.1, 0.15) is 11.9 Å². The minimum atomic E-state index is -0.956. The van der Waals surface area contributed by atoms with Crippen LogP contribution in [0.15, 0.2) is 18.2 Å². The van der Waals surface area contributed by atoms with E-state index in [2.05, 4.69) is 0 Å². The number of hydrogen-bond donors (Lipinski definition) is 1. The summed E-state index contributed by atoms with van der Waals surface area (Å²) < 4.78 is 13.0. The van der Waals surface area contributed by atoms with E-state index in [-0.39, 0.29) is 6.54 Å². The van der Waals surface area contributed by atoms with Crippen LogP contribution in [-0.2, 0) is 11.3 Å². The van der Waals surface area contributed by atoms with Gasteiger partial charge in [-0.3, -0.25) is 9.69 Å². The molecule has 0 saturated carbocycles. The monoisotopic (exact) mass is 236 g/mol. The van der Waals surface area contributed by atoms with Crippen molar-refractivity contribution >= 4 is 5.97 Å². The van der Waals surface area contributed by atoms with Gasteiger partial charge in [0, 0.05) is 6.54 Å². The van der Waals surface area contributed by atoms with E-state index in [0.29, 0.717) is 11.1 Å². The Morgan fingerprint density at radius 3 is 2.82 bits per heavy atom. The summed E-state index contributed by atoms with van der Waals surface area (Å²) in [4.78, 5) is 12.3. The number of carboxylic acid groups (broad SMARTS) is 1. The Bertz CT molecular complexity index is 468. The smallest absolute Gasteiger partial charge is 0.320 e. The summed E-state index contributed by atoms with van der Waals surface area (Å²) in [6, 6.07) is 5.12. The summed E-state index contributed by atoms with van der Waals surface area (Å²) in [7, 11) is 1.62. The fourth-order valence-corrected chi connectivity index (χ4v) is 1.40. The Hall–Kier alpha value is -1.93. The average molecular weight is 236 g/mol. The van der Waals surface area contributed by atoms with Crippen molar-refractivity contribution in [2.24, 2.45) is 0 Å². The van der Waals surface area contributed by atoms with Crippen LogP contribution in [0, 0.1) is 17.1 Å². The minimum absolute atomic E-state index is 0.216. The molecule has 4 nitrogen and oxygen atoms in total. The molecule has 0 radical (unpaired) electrons. The lowest BCUT2D eigenvalue weighted by Gasteiger charge is -2.21. The molecular formula is C12H13FN2O2. The zero-order valence-electron chi connectivity index (χ0n) is 9.64. The molecule has 1 rings (SSSR count). The highest BCUT2D eigenvalue weighted by atomic mass is 19.1. The Morgan fingerprint density at radius 2 is 2.29 bits per heavy atom. The molecule has 1 aromatic carbocycles. The number of hydrogen-bond acceptors (Lipinski definition) is 3. The second-order valence-corrected chi connectivity index (χ2v) is 3.84. The fraction of sp³-hybridized carbons (Fsp3) is 0.333. The normalized spacial score (nSPS) is 12.2. The summed E-state index contributed by atoms with van der Waals surface area (Å²) in [6.07, 6.45) is 0. The predicted molar refractivity (Wildman–Crippen MR) is 59.7 cm³/mol. The maximum Gasteiger partial charge on any atom is 0.320 e. The van der Waals surface area contributed by atoms with Gasteiger partial charge in [0.15, 0.2) is 0 Å². The number of carboxylic acids is 1. The first-order valence-corrected chi connectivity index (χ1v) is 5.07. The first-order chi connectivity index (χ1) is 7.95. The number of aliphatic carboxylic acids is 1. The van der Waals surface area contributed by atoms with Gasteiger partial charge in [0.25, 0.3) is 0 Å². The lowest BCUT2D eigenvalue weighted by molar-refractivity contribution is -0.142. The van der Waals surface area contributed by atoms with Crippen LogP contribution in [0.1, 0.15) is 18.1 Å². The van der Waals surface area contributed by atoms with Crippen molar-refractivity contribution in [1.82, 2.24) is 4.90 Å². The van der Waals surface area contributed by atoms with Crippen molar-refractivity contribution in [1.29, 1.82) is 5.26 Å². The Balaban J connectivity index is 2.91. The van der Waals surface area contributed by atoms with E-state index < -0.39 is 17.8 Å². The van der Waals surface area contributed by atoms with Crippen LogP contribution < -0.4 is 0 Å². The van der Waals surface area contributed by atoms with Crippen molar-refractivity contribution in [3.8, 4) is 6.07 Å². The second kappa shape index (κ2) is 5.41. The maximum absolute atomic E-state index is 13.0. The van der Waals surface area contributed by atoms with Gasteiger partial charge >= 0.3 is 5.97 Å². The molecule has 0 aromatic heterocycles. The Morgan fingerprint density at radius 1 is 1.65 bits per heavy atom. The standard InChI is InChI=1S/C12H13FN2O2/c1-8(12(16)17)15(2)7-10-5-11(13)4-3-9(10)6-14/h3-5,8H,7H2,1-2H3,(H,16,17). The number of rotatable bonds is 4. The Kier molecular flexibility index (Phi) is 4.18. The van der Waals surface area contributed by atoms with E-state index in [9.17, 15) is 9.18 Å². The maximum atomic E-state index is 13.0. The molecule has 0 heterocycles. The predicted octanol–water partition coefficient (Wildman–Crippen LogP) is 1.60. The van der Waals surface area contributed by atoms with E-state index in [4.69, 9.17) is 10.4 Å². The molecule has 0 bridgehead atoms. The third-order valence-electron chi connectivity index (χ3n) is 2.63. The first-order valence-electron chi connectivity index (χ1n) is 5.07. The largest absolute Gasteiger partial charge is 0.480 e. The Labute approximate surface area is 98.9 Å². The summed E-state index contributed by atoms with van der Waals surface area (Å²) in [5.41, 5.74) is 0.846. The summed E-state index contributed by atoms with van der Waals surface area (Å²) in [6.45, 7) is 1.75. The molecule has 90 valence electrons. The van der Waals surface area contributed by atoms with Crippen molar-refractivity contribution in [2.45, 2.75) is 19.5 Å². The molecular weight excluding hydrogens is 223 g/mol. The summed E-state index contributed by atoms with van der Waals surface area (Å²) >= 11 is 0. The number of benzene rings is 1. The number of carbonyl (C=O) groups is 1. The molecule has 1 aromatic rings. The molecule has 0 amide bonds. The van der Waals surface area contributed by atoms with Crippen LogP contribution >= 0.6 is 0 Å². The van der Waals surface area contributed by atoms with Crippen molar-refractivity contribution in [3.63, 3.8) is 0 Å². The zero-order valence-corrected chi connectivity index (χ0v) is 9.64. The molecule has 1 unspecified atom stereocenters. The van der Waals surface area contributed by atoms with Crippen LogP contribution in [-0.4, -0.2) is 29.1 Å². The van der Waals surface area contributed by atoms with Crippen LogP contribution in [0.25, 0.3) is 0 Å². The van der Waals surface area contributed by atoms with Crippen LogP contribution in [0.5, 0.6) is 0 Å². The lowest BCUT2D eigenvalue weighted by Crippen LogP contribution is -2.35. The summed E-state index contributed by atoms with van der Waals surface area (Å²) in [5, 5.41) is 17.7. The van der Waals surface area contributed by atoms with Crippen molar-refractivity contribution < 1.29 is 14.3 Å². The zero-order chi connectivity index (χ0) is 13.0. The van der Waals surface area contributed by atoms with Crippen molar-refractivity contribution in [2.75, 3.05) is 7.05 Å². The van der Waals surface area contributed by atoms with E-state index in [0.717, 1.165) is 0 Å². The van der Waals surface area contributed by atoms with Gasteiger partial charge in [-0.1, -0.05) is 0 Å². The average Bonchev–Trinajstić information content (AvgIpc) is 2.28. The molecule has 0 spiro atoms. The fourth-order valence-electron chi connectivity index (χ4n) is 1.40. The third-order valence-corrected chi connectivity index (χ3v) is 2.63. The van der Waals surface area contributed by atoms with Gasteiger partial charge in [-0.05, 0) is 37.7 Å². The molecule has 0 saturated heterocycles. The van der Waals surface area contributed by atoms with Gasteiger partial charge in [-0.2, -0.15) is 5.26 Å². The number of likely N-dealkylation sites (N-methyl/N-ethyl adjacent to an activating group) is 1. The molecule has 5 heteroatoms. The number of halogens is 1. The molecule has 17 heavy (non-hydrogen) atoms. The molecule has 0 aliphatic heterocycles. The van der Waals surface area contributed by atoms with Crippen LogP contribution in [0.4, 0.5) is 4.39 Å². The highest BCUT2D eigenvalue weighted by molar-refractivity contribution is 5.72. The van der Waals surface area contributed by atoms with Gasteiger partial charge in [-0.15, -0.1) is 0 Å². The van der Waals surface area contributed by atoms with Gasteiger partial charge < -0.3 is 5.11 Å². The highest BCUT2D eigenvalue weighted by Crippen LogP contribution is 2.13. The first kappa shape index (κ1) is 13.1. The topological polar surface area (TPSA) is 64.3 Å². The van der Waals surface area contributed by atoms with E-state index in [1.54, 1.807) is 7.05 Å². The molecule has 1 N–H and O–H groups in total. The third kappa shape index (κ3) is 3.26. The quantitative estimate of drug-likeness (QED) is 0.862. The van der Waals surface area contributed by atoms with E-state index >= 15 is 0 Å². The SMILES string of the molecule is CC(C(=O)O)N(C)Cc1cc(F)ccc1C#N. The van der Waals surface area contributed by atoms with Crippen molar-refractivity contribution in [3.05, 3.63) is 35.1 Å². The van der Waals surface area contributed by atoms with E-state index in [1.807, 2.05) is 6.07 Å². The van der Waals surface area contributed by atoms with Gasteiger partial charge in [-0.25, -0.2) is 4.39 Å². The van der Waals surface area contributed by atoms with Gasteiger partial charge in [0.2, 0.25) is 0 Å². The molecule has 0 fully saturated rings. The minimum Gasteiger partial charge on any atom is -0.480 e. The van der Waals surface area contributed by atoms with Crippen LogP contribution in [0.3, 0.4) is 0 Å². The second-order valence-electron chi connectivity index (χ2n) is 3.84.